The van der Waals surface area contributed by atoms with Crippen molar-refractivity contribution in [3.63, 3.8) is 0 Å². The van der Waals surface area contributed by atoms with Gasteiger partial charge in [-0.25, -0.2) is 9.78 Å². The highest BCUT2D eigenvalue weighted by atomic mass is 19.4. The van der Waals surface area contributed by atoms with E-state index in [9.17, 15) is 22.8 Å². The van der Waals surface area contributed by atoms with Crippen LogP contribution in [0.5, 0.6) is 0 Å². The average Bonchev–Trinajstić information content (AvgIpc) is 2.33. The zero-order valence-corrected chi connectivity index (χ0v) is 12.0. The van der Waals surface area contributed by atoms with E-state index >= 15 is 0 Å². The molecular formula is C13H15F3N2O3. The lowest BCUT2D eigenvalue weighted by Crippen LogP contribution is -2.27. The summed E-state index contributed by atoms with van der Waals surface area (Å²) in [6.45, 7) is 4.49. The van der Waals surface area contributed by atoms with Gasteiger partial charge >= 0.3 is 12.1 Å². The van der Waals surface area contributed by atoms with Crippen LogP contribution in [-0.2, 0) is 10.9 Å². The van der Waals surface area contributed by atoms with Gasteiger partial charge in [-0.2, -0.15) is 13.2 Å². The highest BCUT2D eigenvalue weighted by Gasteiger charge is 2.39. The Balaban J connectivity index is 3.69. The number of carbonyl (C=O) groups excluding carboxylic acids is 2. The summed E-state index contributed by atoms with van der Waals surface area (Å²) in [5, 5.41) is 0. The molecule has 0 saturated carbocycles. The molecule has 0 bridgehead atoms. The lowest BCUT2D eigenvalue weighted by molar-refractivity contribution is -0.137. The Kier molecular flexibility index (Phi) is 4.31. The Morgan fingerprint density at radius 2 is 1.76 bits per heavy atom. The maximum atomic E-state index is 12.9. The maximum Gasteiger partial charge on any atom is 0.419 e. The molecule has 1 aromatic heterocycles. The molecular weight excluding hydrogens is 289 g/mol. The number of ether oxygens (including phenoxy) is 1. The third kappa shape index (κ3) is 3.32. The Morgan fingerprint density at radius 3 is 2.14 bits per heavy atom. The fourth-order valence-corrected chi connectivity index (χ4v) is 1.61. The number of carbonyl (C=O) groups is 2. The number of anilines is 1. The fraction of sp³-hybridized carbons (Fsp3) is 0.462. The van der Waals surface area contributed by atoms with Crippen molar-refractivity contribution in [3.05, 3.63) is 23.0 Å². The van der Waals surface area contributed by atoms with E-state index in [4.69, 9.17) is 5.73 Å². The zero-order valence-electron chi connectivity index (χ0n) is 12.0. The van der Waals surface area contributed by atoms with Gasteiger partial charge in [-0.15, -0.1) is 0 Å². The van der Waals surface area contributed by atoms with Gasteiger partial charge in [0.2, 0.25) is 0 Å². The molecule has 0 aliphatic heterocycles. The number of aromatic nitrogens is 1. The minimum atomic E-state index is -4.78. The number of nitrogens with two attached hydrogens (primary N) is 1. The van der Waals surface area contributed by atoms with Crippen LogP contribution < -0.4 is 5.73 Å². The summed E-state index contributed by atoms with van der Waals surface area (Å²) in [5.41, 5.74) is 1.26. The van der Waals surface area contributed by atoms with Crippen LogP contribution in [0.3, 0.4) is 0 Å². The number of pyridine rings is 1. The smallest absolute Gasteiger partial charge is 0.419 e. The SMILES string of the molecule is COC(=O)c1ncc(C(F)(F)F)c(N)c1C(=O)C(C)(C)C. The average molecular weight is 304 g/mol. The van der Waals surface area contributed by atoms with Crippen LogP contribution in [0.2, 0.25) is 0 Å². The van der Waals surface area contributed by atoms with Crippen molar-refractivity contribution < 1.29 is 27.5 Å². The lowest BCUT2D eigenvalue weighted by Gasteiger charge is -2.21. The van der Waals surface area contributed by atoms with Crippen molar-refractivity contribution in [3.8, 4) is 0 Å². The first-order chi connectivity index (χ1) is 9.41. The largest absolute Gasteiger partial charge is 0.464 e. The van der Waals surface area contributed by atoms with Gasteiger partial charge in [0.05, 0.1) is 23.9 Å². The molecule has 0 aliphatic carbocycles. The van der Waals surface area contributed by atoms with E-state index in [2.05, 4.69) is 9.72 Å². The first-order valence-corrected chi connectivity index (χ1v) is 5.90. The first kappa shape index (κ1) is 16.9. The Labute approximate surface area is 119 Å². The van der Waals surface area contributed by atoms with E-state index in [1.54, 1.807) is 0 Å². The molecule has 0 aliphatic rings. The van der Waals surface area contributed by atoms with Gasteiger partial charge in [-0.05, 0) is 0 Å². The highest BCUT2D eigenvalue weighted by molar-refractivity contribution is 6.11. The minimum absolute atomic E-state index is 0.418. The van der Waals surface area contributed by atoms with E-state index in [0.29, 0.717) is 6.20 Å². The minimum Gasteiger partial charge on any atom is -0.464 e. The molecule has 1 aromatic rings. The normalized spacial score (nSPS) is 12.1. The molecule has 0 radical (unpaired) electrons. The topological polar surface area (TPSA) is 82.3 Å². The Morgan fingerprint density at radius 1 is 1.24 bits per heavy atom. The summed E-state index contributed by atoms with van der Waals surface area (Å²) in [6.07, 6.45) is -4.36. The van der Waals surface area contributed by atoms with Crippen LogP contribution in [0.4, 0.5) is 18.9 Å². The molecule has 0 aromatic carbocycles. The molecule has 0 amide bonds. The van der Waals surface area contributed by atoms with Crippen LogP contribution in [0.25, 0.3) is 0 Å². The number of alkyl halides is 3. The molecule has 0 saturated heterocycles. The Bertz CT molecular complexity index is 590. The summed E-state index contributed by atoms with van der Waals surface area (Å²) in [4.78, 5) is 27.3. The second-order valence-corrected chi connectivity index (χ2v) is 5.38. The van der Waals surface area contributed by atoms with Gasteiger partial charge in [-0.3, -0.25) is 4.79 Å². The van der Waals surface area contributed by atoms with E-state index in [1.165, 1.54) is 20.8 Å². The van der Waals surface area contributed by atoms with E-state index in [1.807, 2.05) is 0 Å². The van der Waals surface area contributed by atoms with Crippen molar-refractivity contribution in [1.29, 1.82) is 0 Å². The van der Waals surface area contributed by atoms with Gasteiger partial charge in [-0.1, -0.05) is 20.8 Å². The number of hydrogen-bond acceptors (Lipinski definition) is 5. The third-order valence-corrected chi connectivity index (χ3v) is 2.71. The standard InChI is InChI=1S/C13H15F3N2O3/c1-12(2,3)10(19)7-8(17)6(13(14,15)16)5-18-9(7)11(20)21-4/h5H,1-4H3,(H2,17,18). The van der Waals surface area contributed by atoms with Crippen LogP contribution >= 0.6 is 0 Å². The maximum absolute atomic E-state index is 12.9. The number of hydrogen-bond donors (Lipinski definition) is 1. The second kappa shape index (κ2) is 5.34. The van der Waals surface area contributed by atoms with E-state index < -0.39 is 45.9 Å². The molecule has 5 nitrogen and oxygen atoms in total. The molecule has 8 heteroatoms. The van der Waals surface area contributed by atoms with Crippen molar-refractivity contribution in [2.75, 3.05) is 12.8 Å². The number of halogens is 3. The van der Waals surface area contributed by atoms with Gasteiger partial charge in [0.1, 0.15) is 0 Å². The number of nitrogens with zero attached hydrogens (tertiary/aromatic N) is 1. The summed E-state index contributed by atoms with van der Waals surface area (Å²) < 4.78 is 43.0. The summed E-state index contributed by atoms with van der Waals surface area (Å²) in [6, 6.07) is 0. The molecule has 0 unspecified atom stereocenters. The fourth-order valence-electron chi connectivity index (χ4n) is 1.61. The van der Waals surface area contributed by atoms with Gasteiger partial charge < -0.3 is 10.5 Å². The molecule has 2 N–H and O–H groups in total. The molecule has 1 heterocycles. The third-order valence-electron chi connectivity index (χ3n) is 2.71. The van der Waals surface area contributed by atoms with E-state index in [0.717, 1.165) is 7.11 Å². The van der Waals surface area contributed by atoms with Crippen LogP contribution in [-0.4, -0.2) is 23.8 Å². The molecule has 0 spiro atoms. The highest BCUT2D eigenvalue weighted by Crippen LogP contribution is 2.37. The molecule has 116 valence electrons. The molecule has 0 atom stereocenters. The van der Waals surface area contributed by atoms with Crippen LogP contribution in [0.1, 0.15) is 47.2 Å². The zero-order chi connectivity index (χ0) is 16.6. The lowest BCUT2D eigenvalue weighted by atomic mass is 9.84. The number of ketones is 1. The molecule has 21 heavy (non-hydrogen) atoms. The van der Waals surface area contributed by atoms with Crippen molar-refractivity contribution in [2.45, 2.75) is 26.9 Å². The van der Waals surface area contributed by atoms with Gasteiger partial charge in [0.25, 0.3) is 0 Å². The van der Waals surface area contributed by atoms with E-state index in [-0.39, 0.29) is 0 Å². The predicted molar refractivity (Wildman–Crippen MR) is 68.8 cm³/mol. The monoisotopic (exact) mass is 304 g/mol. The molecule has 0 fully saturated rings. The summed E-state index contributed by atoms with van der Waals surface area (Å²) in [7, 11) is 1.03. The van der Waals surface area contributed by atoms with Crippen molar-refractivity contribution in [2.24, 2.45) is 5.41 Å². The van der Waals surface area contributed by atoms with Crippen LogP contribution in [0, 0.1) is 5.41 Å². The van der Waals surface area contributed by atoms with Gasteiger partial charge in [0, 0.05) is 11.6 Å². The number of nitrogen functional groups attached to an aromatic ring is 1. The quantitative estimate of drug-likeness (QED) is 0.671. The number of methoxy groups -OCH3 is 1. The summed E-state index contributed by atoms with van der Waals surface area (Å²) >= 11 is 0. The number of Topliss-reactive ketones (excluding diaryl/α,β-unsaturated/α-hetero) is 1. The van der Waals surface area contributed by atoms with Gasteiger partial charge in [0.15, 0.2) is 11.5 Å². The summed E-state index contributed by atoms with van der Waals surface area (Å²) in [5.74, 6) is -1.75. The number of rotatable bonds is 2. The molecule has 1 rings (SSSR count). The first-order valence-electron chi connectivity index (χ1n) is 5.90. The van der Waals surface area contributed by atoms with Crippen molar-refractivity contribution >= 4 is 17.4 Å². The predicted octanol–water partition coefficient (Wildman–Crippen LogP) is 2.70. The van der Waals surface area contributed by atoms with Crippen LogP contribution in [0.15, 0.2) is 6.20 Å². The second-order valence-electron chi connectivity index (χ2n) is 5.38. The number of esters is 1. The van der Waals surface area contributed by atoms with Crippen molar-refractivity contribution in [1.82, 2.24) is 4.98 Å². The Hall–Kier alpha value is -2.12.